The lowest BCUT2D eigenvalue weighted by Crippen LogP contribution is -2.57. The van der Waals surface area contributed by atoms with Gasteiger partial charge in [0.1, 0.15) is 40.6 Å². The first-order valence-corrected chi connectivity index (χ1v) is 11.6. The van der Waals surface area contributed by atoms with Crippen LogP contribution in [-0.2, 0) is 9.53 Å². The van der Waals surface area contributed by atoms with Crippen molar-refractivity contribution < 1.29 is 33.3 Å². The maximum absolute atomic E-state index is 14.8. The zero-order valence-electron chi connectivity index (χ0n) is 18.7. The molecule has 1 N–H and O–H groups in total. The first-order chi connectivity index (χ1) is 16.9. The Bertz CT molecular complexity index is 1180. The van der Waals surface area contributed by atoms with Crippen molar-refractivity contribution in [3.8, 4) is 28.6 Å². The van der Waals surface area contributed by atoms with Crippen LogP contribution < -0.4 is 9.47 Å². The van der Waals surface area contributed by atoms with Crippen LogP contribution in [0.4, 0.5) is 4.39 Å². The second kappa shape index (κ2) is 9.35. The molecule has 1 unspecified atom stereocenters. The minimum Gasteiger partial charge on any atom is -0.507 e. The Hall–Kier alpha value is -3.37. The van der Waals surface area contributed by atoms with E-state index >= 15 is 0 Å². The smallest absolute Gasteiger partial charge is 0.263 e. The summed E-state index contributed by atoms with van der Waals surface area (Å²) in [6.45, 7) is 5.21. The number of aromatic nitrogens is 1. The normalized spacial score (nSPS) is 21.6. The highest BCUT2D eigenvalue weighted by atomic mass is 35.5. The number of carbonyl (C=O) groups excluding carboxylic acids is 2. The molecule has 35 heavy (non-hydrogen) atoms. The van der Waals surface area contributed by atoms with Gasteiger partial charge in [-0.1, -0.05) is 24.2 Å². The molecule has 0 spiro atoms. The maximum atomic E-state index is 14.8. The Kier molecular flexibility index (Phi) is 6.24. The lowest BCUT2D eigenvalue weighted by Gasteiger charge is -2.39. The summed E-state index contributed by atoms with van der Waals surface area (Å²) in [5, 5.41) is 10.2. The number of fused-ring (bicyclic) bond motifs is 2. The average Bonchev–Trinajstić information content (AvgIpc) is 3.31. The molecular formula is C24H23ClFN3O6. The SMILES string of the molecule is C=CC(=O)N1CCN2C(=O)c3c(OC4CCOC4)nc(-c4c(O)cccc4F)c(Cl)c3OC[C@H]2C1. The molecule has 5 rings (SSSR count). The van der Waals surface area contributed by atoms with E-state index in [9.17, 15) is 19.1 Å². The molecule has 1 aromatic carbocycles. The van der Waals surface area contributed by atoms with Crippen LogP contribution in [0, 0.1) is 5.82 Å². The number of carbonyl (C=O) groups is 2. The van der Waals surface area contributed by atoms with Crippen molar-refractivity contribution in [2.45, 2.75) is 18.6 Å². The van der Waals surface area contributed by atoms with Gasteiger partial charge in [0, 0.05) is 26.1 Å². The van der Waals surface area contributed by atoms with Crippen molar-refractivity contribution in [1.82, 2.24) is 14.8 Å². The van der Waals surface area contributed by atoms with E-state index in [-0.39, 0.29) is 70.9 Å². The summed E-state index contributed by atoms with van der Waals surface area (Å²) in [6, 6.07) is 3.39. The number of phenols is 1. The number of benzene rings is 1. The second-order valence-corrected chi connectivity index (χ2v) is 8.85. The average molecular weight is 504 g/mol. The van der Waals surface area contributed by atoms with Gasteiger partial charge in [-0.05, 0) is 18.2 Å². The number of piperazine rings is 1. The number of halogens is 2. The number of pyridine rings is 1. The third-order valence-electron chi connectivity index (χ3n) is 6.32. The monoisotopic (exact) mass is 503 g/mol. The third kappa shape index (κ3) is 4.17. The highest BCUT2D eigenvalue weighted by Crippen LogP contribution is 2.46. The predicted octanol–water partition coefficient (Wildman–Crippen LogP) is 2.65. The van der Waals surface area contributed by atoms with E-state index in [2.05, 4.69) is 11.6 Å². The first-order valence-electron chi connectivity index (χ1n) is 11.2. The summed E-state index contributed by atoms with van der Waals surface area (Å²) in [5.41, 5.74) is -0.313. The summed E-state index contributed by atoms with van der Waals surface area (Å²) in [6.07, 6.45) is 1.44. The minimum atomic E-state index is -0.745. The fourth-order valence-corrected chi connectivity index (χ4v) is 4.81. The van der Waals surface area contributed by atoms with E-state index in [0.717, 1.165) is 0 Å². The minimum absolute atomic E-state index is 0.00534. The number of aromatic hydroxyl groups is 1. The van der Waals surface area contributed by atoms with E-state index in [1.807, 2.05) is 0 Å². The first kappa shape index (κ1) is 23.4. The van der Waals surface area contributed by atoms with Crippen LogP contribution in [0.3, 0.4) is 0 Å². The van der Waals surface area contributed by atoms with Crippen molar-refractivity contribution in [2.24, 2.45) is 0 Å². The Labute approximate surface area is 205 Å². The summed E-state index contributed by atoms with van der Waals surface area (Å²) in [5.74, 6) is -1.85. The second-order valence-electron chi connectivity index (χ2n) is 8.47. The number of rotatable bonds is 4. The van der Waals surface area contributed by atoms with Gasteiger partial charge in [0.25, 0.3) is 5.91 Å². The molecule has 4 heterocycles. The van der Waals surface area contributed by atoms with Gasteiger partial charge >= 0.3 is 0 Å². The molecule has 11 heteroatoms. The largest absolute Gasteiger partial charge is 0.507 e. The molecule has 2 atom stereocenters. The van der Waals surface area contributed by atoms with Gasteiger partial charge in [-0.25, -0.2) is 9.37 Å². The number of hydrogen-bond donors (Lipinski definition) is 1. The van der Waals surface area contributed by atoms with Crippen molar-refractivity contribution in [3.05, 3.63) is 47.3 Å². The highest BCUT2D eigenvalue weighted by Gasteiger charge is 2.41. The Morgan fingerprint density at radius 1 is 1.31 bits per heavy atom. The molecule has 9 nitrogen and oxygen atoms in total. The van der Waals surface area contributed by atoms with E-state index in [1.54, 1.807) is 9.80 Å². The number of nitrogens with zero attached hydrogens (tertiary/aromatic N) is 3. The molecule has 1 aromatic heterocycles. The van der Waals surface area contributed by atoms with Gasteiger partial charge in [-0.2, -0.15) is 0 Å². The van der Waals surface area contributed by atoms with Crippen LogP contribution in [0.15, 0.2) is 30.9 Å². The van der Waals surface area contributed by atoms with Crippen molar-refractivity contribution in [1.29, 1.82) is 0 Å². The molecule has 0 bridgehead atoms. The molecule has 3 aliphatic rings. The van der Waals surface area contributed by atoms with Gasteiger partial charge in [0.2, 0.25) is 11.8 Å². The molecule has 0 radical (unpaired) electrons. The van der Waals surface area contributed by atoms with Gasteiger partial charge in [-0.3, -0.25) is 9.59 Å². The summed E-state index contributed by atoms with van der Waals surface area (Å²) in [7, 11) is 0. The molecule has 0 saturated carbocycles. The Balaban J connectivity index is 1.62. The molecule has 2 aromatic rings. The number of hydrogen-bond acceptors (Lipinski definition) is 7. The van der Waals surface area contributed by atoms with Crippen LogP contribution >= 0.6 is 11.6 Å². The van der Waals surface area contributed by atoms with E-state index in [1.165, 1.54) is 24.3 Å². The maximum Gasteiger partial charge on any atom is 0.263 e. The molecular weight excluding hydrogens is 481 g/mol. The zero-order chi connectivity index (χ0) is 24.7. The molecule has 2 fully saturated rings. The van der Waals surface area contributed by atoms with Crippen molar-refractivity contribution in [3.63, 3.8) is 0 Å². The van der Waals surface area contributed by atoms with Crippen molar-refractivity contribution >= 4 is 23.4 Å². The quantitative estimate of drug-likeness (QED) is 0.640. The van der Waals surface area contributed by atoms with Crippen LogP contribution in [0.2, 0.25) is 5.02 Å². The fourth-order valence-electron chi connectivity index (χ4n) is 4.52. The predicted molar refractivity (Wildman–Crippen MR) is 123 cm³/mol. The van der Waals surface area contributed by atoms with Gasteiger partial charge in [-0.15, -0.1) is 0 Å². The van der Waals surface area contributed by atoms with Gasteiger partial charge in [0.05, 0.1) is 24.8 Å². The van der Waals surface area contributed by atoms with E-state index < -0.39 is 17.8 Å². The fraction of sp³-hybridized carbons (Fsp3) is 0.375. The van der Waals surface area contributed by atoms with Crippen LogP contribution in [0.1, 0.15) is 16.8 Å². The van der Waals surface area contributed by atoms with E-state index in [4.69, 9.17) is 25.8 Å². The Morgan fingerprint density at radius 3 is 2.86 bits per heavy atom. The van der Waals surface area contributed by atoms with Gasteiger partial charge in [0.15, 0.2) is 5.75 Å². The summed E-state index contributed by atoms with van der Waals surface area (Å²) >= 11 is 6.64. The third-order valence-corrected chi connectivity index (χ3v) is 6.67. The number of phenolic OH excluding ortho intramolecular Hbond substituents is 1. The Morgan fingerprint density at radius 2 is 2.14 bits per heavy atom. The van der Waals surface area contributed by atoms with Crippen LogP contribution in [-0.4, -0.2) is 83.3 Å². The molecule has 2 saturated heterocycles. The molecule has 2 amide bonds. The van der Waals surface area contributed by atoms with Crippen LogP contribution in [0.25, 0.3) is 11.3 Å². The molecule has 184 valence electrons. The number of amides is 2. The molecule has 3 aliphatic heterocycles. The standard InChI is InChI=1S/C24H23ClFN3O6/c1-2-17(31)28-7-8-29-13(10-28)11-34-22-19(24(29)32)23(35-14-6-9-33-12-14)27-21(20(22)25)18-15(26)4-3-5-16(18)30/h2-5,13-14,30H,1,6-12H2/t13-,14?/m1/s1. The van der Waals surface area contributed by atoms with Crippen LogP contribution in [0.5, 0.6) is 17.4 Å². The number of ether oxygens (including phenoxy) is 3. The lowest BCUT2D eigenvalue weighted by atomic mass is 10.1. The summed E-state index contributed by atoms with van der Waals surface area (Å²) < 4.78 is 32.2. The molecule has 0 aliphatic carbocycles. The highest BCUT2D eigenvalue weighted by molar-refractivity contribution is 6.35. The summed E-state index contributed by atoms with van der Waals surface area (Å²) in [4.78, 5) is 33.5. The zero-order valence-corrected chi connectivity index (χ0v) is 19.5. The van der Waals surface area contributed by atoms with E-state index in [0.29, 0.717) is 26.2 Å². The topological polar surface area (TPSA) is 101 Å². The lowest BCUT2D eigenvalue weighted by molar-refractivity contribution is -0.128. The van der Waals surface area contributed by atoms with Crippen molar-refractivity contribution in [2.75, 3.05) is 39.5 Å². The van der Waals surface area contributed by atoms with Gasteiger partial charge < -0.3 is 29.1 Å².